The van der Waals surface area contributed by atoms with Gasteiger partial charge < -0.3 is 15.6 Å². The molecule has 0 spiro atoms. The van der Waals surface area contributed by atoms with Crippen LogP contribution in [0.3, 0.4) is 0 Å². The van der Waals surface area contributed by atoms with Crippen LogP contribution in [0.1, 0.15) is 47.4 Å². The summed E-state index contributed by atoms with van der Waals surface area (Å²) in [6.45, 7) is 1.83. The van der Waals surface area contributed by atoms with Crippen molar-refractivity contribution in [2.24, 2.45) is 0 Å². The molecule has 0 saturated heterocycles. The van der Waals surface area contributed by atoms with Gasteiger partial charge in [0, 0.05) is 35.0 Å². The van der Waals surface area contributed by atoms with Crippen molar-refractivity contribution in [3.63, 3.8) is 0 Å². The summed E-state index contributed by atoms with van der Waals surface area (Å²) in [6, 6.07) is 14.5. The van der Waals surface area contributed by atoms with Crippen molar-refractivity contribution < 1.29 is 14.6 Å². The normalized spacial score (nSPS) is 20.2. The number of ketones is 1. The molecule has 0 atom stereocenters. The van der Waals surface area contributed by atoms with Gasteiger partial charge >= 0.3 is 0 Å². The summed E-state index contributed by atoms with van der Waals surface area (Å²) in [5.74, 6) is 1.77. The summed E-state index contributed by atoms with van der Waals surface area (Å²) in [5, 5.41) is 10.2. The van der Waals surface area contributed by atoms with E-state index in [1.165, 1.54) is 0 Å². The van der Waals surface area contributed by atoms with Crippen LogP contribution in [-0.2, 0) is 0 Å². The molecule has 0 unspecified atom stereocenters. The van der Waals surface area contributed by atoms with E-state index in [1.807, 2.05) is 41.8 Å². The SMILES string of the molecule is COc1cc(C(=O)c2ccccc2)ccc1-c1nc([C@H]2C[C@@](C)(O)C2)n2ccnc(N)c12. The fraction of sp³-hybridized carbons (Fsp3) is 0.240. The van der Waals surface area contributed by atoms with Crippen molar-refractivity contribution in [1.82, 2.24) is 14.4 Å². The summed E-state index contributed by atoms with van der Waals surface area (Å²) >= 11 is 0. The maximum Gasteiger partial charge on any atom is 0.193 e. The highest BCUT2D eigenvalue weighted by Gasteiger charge is 2.42. The predicted molar refractivity (Wildman–Crippen MR) is 122 cm³/mol. The number of anilines is 1. The van der Waals surface area contributed by atoms with Gasteiger partial charge in [0.05, 0.1) is 12.7 Å². The van der Waals surface area contributed by atoms with E-state index in [0.717, 1.165) is 11.4 Å². The second-order valence-electron chi connectivity index (χ2n) is 8.56. The summed E-state index contributed by atoms with van der Waals surface area (Å²) in [4.78, 5) is 22.1. The Kier molecular flexibility index (Phi) is 4.71. The Bertz CT molecular complexity index is 1320. The molecule has 4 aromatic rings. The lowest BCUT2D eigenvalue weighted by Crippen LogP contribution is -2.40. The number of fused-ring (bicyclic) bond motifs is 1. The summed E-state index contributed by atoms with van der Waals surface area (Å²) in [7, 11) is 1.57. The van der Waals surface area contributed by atoms with E-state index in [0.29, 0.717) is 46.7 Å². The van der Waals surface area contributed by atoms with E-state index in [-0.39, 0.29) is 11.7 Å². The third-order valence-electron chi connectivity index (χ3n) is 6.10. The van der Waals surface area contributed by atoms with Crippen molar-refractivity contribution in [2.45, 2.75) is 31.3 Å². The molecule has 5 rings (SSSR count). The molecule has 32 heavy (non-hydrogen) atoms. The van der Waals surface area contributed by atoms with Crippen LogP contribution < -0.4 is 10.5 Å². The van der Waals surface area contributed by atoms with E-state index >= 15 is 0 Å². The smallest absolute Gasteiger partial charge is 0.193 e. The monoisotopic (exact) mass is 428 g/mol. The summed E-state index contributed by atoms with van der Waals surface area (Å²) in [5.41, 5.74) is 8.78. The molecular weight excluding hydrogens is 404 g/mol. The fourth-order valence-corrected chi connectivity index (χ4v) is 4.53. The highest BCUT2D eigenvalue weighted by molar-refractivity contribution is 6.09. The molecule has 7 nitrogen and oxygen atoms in total. The number of hydrogen-bond donors (Lipinski definition) is 2. The standard InChI is InChI=1S/C25H24N4O3/c1-25(31)13-17(14-25)24-28-20(21-23(26)27-10-11-29(21)24)18-9-8-16(12-19(18)32-2)22(30)15-6-4-3-5-7-15/h3-12,17,31H,13-14H2,1-2H3,(H2,26,27)/t17-,25+. The summed E-state index contributed by atoms with van der Waals surface area (Å²) < 4.78 is 7.60. The first-order chi connectivity index (χ1) is 15.4. The number of nitrogen functional groups attached to an aromatic ring is 1. The Hall–Kier alpha value is -3.71. The Morgan fingerprint density at radius 1 is 1.19 bits per heavy atom. The minimum Gasteiger partial charge on any atom is -0.496 e. The minimum absolute atomic E-state index is 0.0799. The number of aromatic nitrogens is 3. The molecule has 0 amide bonds. The molecular formula is C25H24N4O3. The minimum atomic E-state index is -0.674. The zero-order chi connectivity index (χ0) is 22.5. The van der Waals surface area contributed by atoms with Crippen molar-refractivity contribution in [2.75, 3.05) is 12.8 Å². The molecule has 7 heteroatoms. The van der Waals surface area contributed by atoms with Gasteiger partial charge in [0.25, 0.3) is 0 Å². The number of benzene rings is 2. The second kappa shape index (κ2) is 7.46. The maximum atomic E-state index is 12.9. The number of hydrogen-bond acceptors (Lipinski definition) is 6. The number of imidazole rings is 1. The van der Waals surface area contributed by atoms with Gasteiger partial charge in [-0.1, -0.05) is 36.4 Å². The average Bonchev–Trinajstić information content (AvgIpc) is 3.17. The van der Waals surface area contributed by atoms with Crippen LogP contribution in [0.25, 0.3) is 16.8 Å². The van der Waals surface area contributed by atoms with Gasteiger partial charge in [0.2, 0.25) is 0 Å². The highest BCUT2D eigenvalue weighted by atomic mass is 16.5. The molecule has 3 N–H and O–H groups in total. The van der Waals surface area contributed by atoms with Gasteiger partial charge in [-0.15, -0.1) is 0 Å². The first kappa shape index (κ1) is 20.2. The lowest BCUT2D eigenvalue weighted by molar-refractivity contribution is -0.0335. The van der Waals surface area contributed by atoms with Crippen molar-refractivity contribution >= 4 is 17.1 Å². The zero-order valence-electron chi connectivity index (χ0n) is 17.9. The molecule has 1 aliphatic carbocycles. The molecule has 1 aliphatic rings. The number of nitrogens with zero attached hydrogens (tertiary/aromatic N) is 3. The highest BCUT2D eigenvalue weighted by Crippen LogP contribution is 2.46. The largest absolute Gasteiger partial charge is 0.496 e. The molecule has 162 valence electrons. The number of carbonyl (C=O) groups is 1. The quantitative estimate of drug-likeness (QED) is 0.468. The van der Waals surface area contributed by atoms with Gasteiger partial charge in [0.1, 0.15) is 28.6 Å². The van der Waals surface area contributed by atoms with Gasteiger partial charge in [-0.05, 0) is 31.9 Å². The van der Waals surface area contributed by atoms with Crippen LogP contribution in [0.4, 0.5) is 5.82 Å². The lowest BCUT2D eigenvalue weighted by atomic mass is 9.72. The molecule has 2 aromatic heterocycles. The van der Waals surface area contributed by atoms with E-state index in [1.54, 1.807) is 37.6 Å². The molecule has 0 bridgehead atoms. The number of nitrogens with two attached hydrogens (primary N) is 1. The Balaban J connectivity index is 1.62. The van der Waals surface area contributed by atoms with E-state index in [2.05, 4.69) is 4.98 Å². The van der Waals surface area contributed by atoms with E-state index in [4.69, 9.17) is 15.5 Å². The van der Waals surface area contributed by atoms with Gasteiger partial charge in [-0.3, -0.25) is 9.20 Å². The lowest BCUT2D eigenvalue weighted by Gasteiger charge is -2.40. The van der Waals surface area contributed by atoms with Crippen molar-refractivity contribution in [3.05, 3.63) is 77.9 Å². The van der Waals surface area contributed by atoms with Gasteiger partial charge in [-0.25, -0.2) is 9.97 Å². The Morgan fingerprint density at radius 3 is 2.62 bits per heavy atom. The number of methoxy groups -OCH3 is 1. The average molecular weight is 428 g/mol. The molecule has 1 saturated carbocycles. The van der Waals surface area contributed by atoms with Gasteiger partial charge in [-0.2, -0.15) is 0 Å². The van der Waals surface area contributed by atoms with E-state index in [9.17, 15) is 9.90 Å². The van der Waals surface area contributed by atoms with Crippen molar-refractivity contribution in [3.8, 4) is 17.0 Å². The molecule has 0 radical (unpaired) electrons. The van der Waals surface area contributed by atoms with Gasteiger partial charge in [0.15, 0.2) is 5.78 Å². The van der Waals surface area contributed by atoms with Crippen LogP contribution in [0.5, 0.6) is 5.75 Å². The Morgan fingerprint density at radius 2 is 1.94 bits per heavy atom. The predicted octanol–water partition coefficient (Wildman–Crippen LogP) is 3.85. The Labute approximate surface area is 185 Å². The van der Waals surface area contributed by atoms with Crippen LogP contribution in [0.2, 0.25) is 0 Å². The summed E-state index contributed by atoms with van der Waals surface area (Å²) in [6.07, 6.45) is 4.75. The van der Waals surface area contributed by atoms with E-state index < -0.39 is 5.60 Å². The first-order valence-electron chi connectivity index (χ1n) is 10.5. The zero-order valence-corrected chi connectivity index (χ0v) is 17.9. The van der Waals surface area contributed by atoms with Crippen LogP contribution in [-0.4, -0.2) is 38.0 Å². The van der Waals surface area contributed by atoms with Crippen LogP contribution >= 0.6 is 0 Å². The fourth-order valence-electron chi connectivity index (χ4n) is 4.53. The molecule has 2 aromatic carbocycles. The third-order valence-corrected chi connectivity index (χ3v) is 6.10. The molecule has 0 aliphatic heterocycles. The number of carbonyl (C=O) groups excluding carboxylic acids is 1. The maximum absolute atomic E-state index is 12.9. The van der Waals surface area contributed by atoms with Crippen molar-refractivity contribution in [1.29, 1.82) is 0 Å². The molecule has 2 heterocycles. The van der Waals surface area contributed by atoms with Crippen LogP contribution in [0, 0.1) is 0 Å². The first-order valence-corrected chi connectivity index (χ1v) is 10.5. The number of aliphatic hydroxyl groups is 1. The molecule has 1 fully saturated rings. The second-order valence-corrected chi connectivity index (χ2v) is 8.56. The third kappa shape index (κ3) is 3.31. The van der Waals surface area contributed by atoms with Crippen LogP contribution in [0.15, 0.2) is 60.9 Å². The topological polar surface area (TPSA) is 103 Å². The number of ether oxygens (including phenoxy) is 1. The number of rotatable bonds is 5.